The molecule has 0 aliphatic carbocycles. The molecule has 1 aromatic rings. The molecule has 0 radical (unpaired) electrons. The number of aliphatic carboxylic acids is 1. The number of rotatable bonds is 7. The van der Waals surface area contributed by atoms with Gasteiger partial charge < -0.3 is 16.6 Å². The molecule has 19 heavy (non-hydrogen) atoms. The summed E-state index contributed by atoms with van der Waals surface area (Å²) < 4.78 is 0. The zero-order chi connectivity index (χ0) is 14.5. The van der Waals surface area contributed by atoms with Gasteiger partial charge in [0.05, 0.1) is 4.92 Å². The summed E-state index contributed by atoms with van der Waals surface area (Å²) in [7, 11) is 0. The SMILES string of the molecule is NCCCC(N)(Cc1ccccc1[N+](=O)[O-])C(=O)O. The van der Waals surface area contributed by atoms with Crippen LogP contribution in [-0.4, -0.2) is 28.1 Å². The number of benzene rings is 1. The maximum Gasteiger partial charge on any atom is 0.324 e. The van der Waals surface area contributed by atoms with Crippen molar-refractivity contribution in [2.75, 3.05) is 6.54 Å². The Kier molecular flexibility index (Phi) is 4.96. The summed E-state index contributed by atoms with van der Waals surface area (Å²) in [4.78, 5) is 21.6. The fourth-order valence-corrected chi connectivity index (χ4v) is 1.87. The molecule has 0 spiro atoms. The van der Waals surface area contributed by atoms with Gasteiger partial charge in [0.1, 0.15) is 5.54 Å². The van der Waals surface area contributed by atoms with Crippen molar-refractivity contribution in [1.82, 2.24) is 0 Å². The van der Waals surface area contributed by atoms with E-state index in [1.54, 1.807) is 6.07 Å². The molecule has 0 aliphatic heterocycles. The summed E-state index contributed by atoms with van der Waals surface area (Å²) >= 11 is 0. The Bertz CT molecular complexity index is 478. The van der Waals surface area contributed by atoms with Crippen LogP contribution >= 0.6 is 0 Å². The maximum absolute atomic E-state index is 11.3. The van der Waals surface area contributed by atoms with Gasteiger partial charge in [-0.15, -0.1) is 0 Å². The van der Waals surface area contributed by atoms with Gasteiger partial charge in [-0.1, -0.05) is 18.2 Å². The zero-order valence-electron chi connectivity index (χ0n) is 10.4. The van der Waals surface area contributed by atoms with E-state index in [-0.39, 0.29) is 18.5 Å². The van der Waals surface area contributed by atoms with E-state index in [0.29, 0.717) is 18.5 Å². The van der Waals surface area contributed by atoms with E-state index in [2.05, 4.69) is 0 Å². The van der Waals surface area contributed by atoms with Crippen molar-refractivity contribution < 1.29 is 14.8 Å². The first-order chi connectivity index (χ1) is 8.90. The van der Waals surface area contributed by atoms with E-state index in [1.807, 2.05) is 0 Å². The number of carboxylic acids is 1. The summed E-state index contributed by atoms with van der Waals surface area (Å²) in [5, 5.41) is 20.1. The van der Waals surface area contributed by atoms with Crippen LogP contribution in [0.2, 0.25) is 0 Å². The van der Waals surface area contributed by atoms with Crippen LogP contribution in [0.3, 0.4) is 0 Å². The molecule has 0 heterocycles. The van der Waals surface area contributed by atoms with E-state index >= 15 is 0 Å². The van der Waals surface area contributed by atoms with Gasteiger partial charge in [-0.25, -0.2) is 0 Å². The topological polar surface area (TPSA) is 132 Å². The van der Waals surface area contributed by atoms with E-state index in [9.17, 15) is 20.0 Å². The molecule has 0 aliphatic rings. The maximum atomic E-state index is 11.3. The van der Waals surface area contributed by atoms with Gasteiger partial charge in [-0.3, -0.25) is 14.9 Å². The normalized spacial score (nSPS) is 13.8. The molecule has 0 amide bonds. The van der Waals surface area contributed by atoms with Gasteiger partial charge in [-0.2, -0.15) is 0 Å². The van der Waals surface area contributed by atoms with Gasteiger partial charge in [0.25, 0.3) is 5.69 Å². The van der Waals surface area contributed by atoms with Crippen molar-refractivity contribution in [2.45, 2.75) is 24.8 Å². The van der Waals surface area contributed by atoms with Crippen molar-refractivity contribution in [3.05, 3.63) is 39.9 Å². The smallest absolute Gasteiger partial charge is 0.324 e. The van der Waals surface area contributed by atoms with Gasteiger partial charge in [0.15, 0.2) is 0 Å². The van der Waals surface area contributed by atoms with E-state index in [0.717, 1.165) is 0 Å². The molecule has 5 N–H and O–H groups in total. The molecule has 1 rings (SSSR count). The molecule has 1 atom stereocenters. The first kappa shape index (κ1) is 15.1. The van der Waals surface area contributed by atoms with Crippen LogP contribution in [0, 0.1) is 10.1 Å². The predicted octanol–water partition coefficient (Wildman–Crippen LogP) is 0.658. The number of nitrogens with two attached hydrogens (primary N) is 2. The number of hydrogen-bond donors (Lipinski definition) is 3. The lowest BCUT2D eigenvalue weighted by molar-refractivity contribution is -0.385. The van der Waals surface area contributed by atoms with Crippen LogP contribution in [0.4, 0.5) is 5.69 Å². The number of nitro benzene ring substituents is 1. The van der Waals surface area contributed by atoms with Crippen molar-refractivity contribution in [3.8, 4) is 0 Å². The van der Waals surface area contributed by atoms with Crippen LogP contribution in [0.1, 0.15) is 18.4 Å². The Balaban J connectivity index is 3.03. The minimum Gasteiger partial charge on any atom is -0.480 e. The molecule has 0 saturated heterocycles. The van der Waals surface area contributed by atoms with Crippen LogP contribution in [0.15, 0.2) is 24.3 Å². The molecular formula is C12H17N3O4. The lowest BCUT2D eigenvalue weighted by Crippen LogP contribution is -2.50. The second kappa shape index (κ2) is 6.26. The van der Waals surface area contributed by atoms with Crippen molar-refractivity contribution >= 4 is 11.7 Å². The summed E-state index contributed by atoms with van der Waals surface area (Å²) in [5.74, 6) is -1.18. The molecule has 0 bridgehead atoms. The number of nitro groups is 1. The lowest BCUT2D eigenvalue weighted by atomic mass is 9.87. The largest absolute Gasteiger partial charge is 0.480 e. The van der Waals surface area contributed by atoms with Crippen molar-refractivity contribution in [1.29, 1.82) is 0 Å². The number of carbonyl (C=O) groups is 1. The molecule has 0 saturated carbocycles. The Morgan fingerprint density at radius 2 is 2.05 bits per heavy atom. The Morgan fingerprint density at radius 3 is 2.58 bits per heavy atom. The molecule has 1 unspecified atom stereocenters. The van der Waals surface area contributed by atoms with Crippen LogP contribution < -0.4 is 11.5 Å². The third kappa shape index (κ3) is 3.73. The number of carboxylic acid groups (broad SMARTS) is 1. The fraction of sp³-hybridized carbons (Fsp3) is 0.417. The van der Waals surface area contributed by atoms with Crippen molar-refractivity contribution in [3.63, 3.8) is 0 Å². The second-order valence-corrected chi connectivity index (χ2v) is 4.42. The number of nitrogens with zero attached hydrogens (tertiary/aromatic N) is 1. The summed E-state index contributed by atoms with van der Waals surface area (Å²) in [6, 6.07) is 6.00. The predicted molar refractivity (Wildman–Crippen MR) is 69.6 cm³/mol. The fourth-order valence-electron chi connectivity index (χ4n) is 1.87. The Hall–Kier alpha value is -1.99. The average Bonchev–Trinajstić information content (AvgIpc) is 2.36. The third-order valence-electron chi connectivity index (χ3n) is 2.95. The summed E-state index contributed by atoms with van der Waals surface area (Å²) in [5.41, 5.74) is 9.86. The quantitative estimate of drug-likeness (QED) is 0.491. The molecule has 1 aromatic carbocycles. The lowest BCUT2D eigenvalue weighted by Gasteiger charge is -2.24. The number of hydrogen-bond acceptors (Lipinski definition) is 5. The Labute approximate surface area is 110 Å². The van der Waals surface area contributed by atoms with Crippen LogP contribution in [0.5, 0.6) is 0 Å². The van der Waals surface area contributed by atoms with Crippen LogP contribution in [-0.2, 0) is 11.2 Å². The van der Waals surface area contributed by atoms with Gasteiger partial charge in [0.2, 0.25) is 0 Å². The van der Waals surface area contributed by atoms with Gasteiger partial charge in [-0.05, 0) is 19.4 Å². The first-order valence-corrected chi connectivity index (χ1v) is 5.85. The minimum atomic E-state index is -1.54. The van der Waals surface area contributed by atoms with Crippen LogP contribution in [0.25, 0.3) is 0 Å². The second-order valence-electron chi connectivity index (χ2n) is 4.42. The average molecular weight is 267 g/mol. The monoisotopic (exact) mass is 267 g/mol. The molecule has 0 aromatic heterocycles. The first-order valence-electron chi connectivity index (χ1n) is 5.85. The highest BCUT2D eigenvalue weighted by Crippen LogP contribution is 2.24. The number of para-hydroxylation sites is 1. The van der Waals surface area contributed by atoms with E-state index < -0.39 is 16.4 Å². The minimum absolute atomic E-state index is 0.0977. The molecule has 7 heteroatoms. The van der Waals surface area contributed by atoms with E-state index in [4.69, 9.17) is 11.5 Å². The van der Waals surface area contributed by atoms with E-state index in [1.165, 1.54) is 18.2 Å². The van der Waals surface area contributed by atoms with Gasteiger partial charge in [0, 0.05) is 18.1 Å². The highest BCUT2D eigenvalue weighted by Gasteiger charge is 2.35. The highest BCUT2D eigenvalue weighted by atomic mass is 16.6. The molecule has 0 fully saturated rings. The standard InChI is InChI=1S/C12H17N3O4/c13-7-3-6-12(14,11(16)17)8-9-4-1-2-5-10(9)15(18)19/h1-2,4-5H,3,6-8,13-14H2,(H,16,17). The molecule has 104 valence electrons. The molecule has 7 nitrogen and oxygen atoms in total. The summed E-state index contributed by atoms with van der Waals surface area (Å²) in [6.07, 6.45) is 0.522. The Morgan fingerprint density at radius 1 is 1.42 bits per heavy atom. The molecular weight excluding hydrogens is 250 g/mol. The third-order valence-corrected chi connectivity index (χ3v) is 2.95. The summed E-state index contributed by atoms with van der Waals surface area (Å²) in [6.45, 7) is 0.323. The zero-order valence-corrected chi connectivity index (χ0v) is 10.4. The van der Waals surface area contributed by atoms with Gasteiger partial charge >= 0.3 is 5.97 Å². The van der Waals surface area contributed by atoms with Crippen molar-refractivity contribution in [2.24, 2.45) is 11.5 Å². The highest BCUT2D eigenvalue weighted by molar-refractivity contribution is 5.79.